The second-order valence-electron chi connectivity index (χ2n) is 6.20. The molecule has 1 aliphatic carbocycles. The summed E-state index contributed by atoms with van der Waals surface area (Å²) in [5, 5.41) is 10.3. The van der Waals surface area contributed by atoms with Crippen molar-refractivity contribution in [1.29, 1.82) is 0 Å². The Morgan fingerprint density at radius 2 is 1.95 bits per heavy atom. The van der Waals surface area contributed by atoms with Crippen LogP contribution in [0, 0.1) is 19.8 Å². The lowest BCUT2D eigenvalue weighted by Crippen LogP contribution is -2.01. The molecule has 1 fully saturated rings. The van der Waals surface area contributed by atoms with Crippen LogP contribution in [0.25, 0.3) is 0 Å². The van der Waals surface area contributed by atoms with Crippen LogP contribution in [0.4, 0.5) is 0 Å². The van der Waals surface area contributed by atoms with Gasteiger partial charge in [0.15, 0.2) is 0 Å². The van der Waals surface area contributed by atoms with Gasteiger partial charge in [-0.3, -0.25) is 0 Å². The molecule has 1 saturated carbocycles. The molecule has 2 aromatic rings. The molecule has 0 saturated heterocycles. The van der Waals surface area contributed by atoms with Crippen molar-refractivity contribution in [1.82, 2.24) is 0 Å². The molecule has 1 aliphatic rings. The average molecular weight is 270 g/mol. The lowest BCUT2D eigenvalue weighted by molar-refractivity contribution is 0.148. The van der Waals surface area contributed by atoms with Crippen LogP contribution in [0.5, 0.6) is 0 Å². The Morgan fingerprint density at radius 1 is 1.20 bits per heavy atom. The van der Waals surface area contributed by atoms with Gasteiger partial charge in [0.05, 0.1) is 0 Å². The van der Waals surface area contributed by atoms with E-state index in [1.165, 1.54) is 17.5 Å². The lowest BCUT2D eigenvalue weighted by Gasteiger charge is -2.10. The van der Waals surface area contributed by atoms with Gasteiger partial charge in [-0.05, 0) is 55.0 Å². The number of rotatable bonds is 4. The fraction of sp³-hybridized carbons (Fsp3) is 0.444. The average Bonchev–Trinajstić information content (AvgIpc) is 2.95. The molecular weight excluding hydrogens is 248 g/mol. The van der Waals surface area contributed by atoms with Crippen molar-refractivity contribution in [2.75, 3.05) is 0 Å². The quantitative estimate of drug-likeness (QED) is 0.898. The van der Waals surface area contributed by atoms with Gasteiger partial charge >= 0.3 is 0 Å². The van der Waals surface area contributed by atoms with E-state index >= 15 is 0 Å². The number of aryl methyl sites for hydroxylation is 2. The zero-order valence-electron chi connectivity index (χ0n) is 12.4. The second-order valence-corrected chi connectivity index (χ2v) is 6.20. The van der Waals surface area contributed by atoms with Crippen LogP contribution in [0.3, 0.4) is 0 Å². The highest BCUT2D eigenvalue weighted by Gasteiger charge is 2.36. The maximum atomic E-state index is 10.3. The van der Waals surface area contributed by atoms with Gasteiger partial charge in [-0.15, -0.1) is 0 Å². The van der Waals surface area contributed by atoms with Crippen LogP contribution in [-0.4, -0.2) is 5.11 Å². The van der Waals surface area contributed by atoms with E-state index in [-0.39, 0.29) is 0 Å². The largest absolute Gasteiger partial charge is 0.463 e. The highest BCUT2D eigenvalue weighted by Crippen LogP contribution is 2.47. The maximum Gasteiger partial charge on any atom is 0.133 e. The molecule has 1 aromatic carbocycles. The second kappa shape index (κ2) is 5.10. The topological polar surface area (TPSA) is 33.4 Å². The maximum absolute atomic E-state index is 10.3. The summed E-state index contributed by atoms with van der Waals surface area (Å²) in [6, 6.07) is 10.3. The van der Waals surface area contributed by atoms with Crippen LogP contribution in [0.2, 0.25) is 0 Å². The first-order chi connectivity index (χ1) is 9.54. The van der Waals surface area contributed by atoms with Gasteiger partial charge in [0.2, 0.25) is 0 Å². The minimum atomic E-state index is -0.556. The number of aliphatic hydroxyl groups is 1. The van der Waals surface area contributed by atoms with E-state index in [2.05, 4.69) is 39.0 Å². The zero-order valence-corrected chi connectivity index (χ0v) is 12.4. The van der Waals surface area contributed by atoms with E-state index in [4.69, 9.17) is 4.42 Å². The third-order valence-electron chi connectivity index (χ3n) is 4.45. The van der Waals surface area contributed by atoms with Crippen molar-refractivity contribution in [3.05, 3.63) is 58.5 Å². The van der Waals surface area contributed by atoms with Crippen molar-refractivity contribution in [3.63, 3.8) is 0 Å². The fourth-order valence-electron chi connectivity index (χ4n) is 2.72. The normalized spacial score (nSPS) is 22.8. The summed E-state index contributed by atoms with van der Waals surface area (Å²) >= 11 is 0. The standard InChI is InChI=1S/C18H22O2/c1-11-4-5-14(8-12(11)2)10-16(19)18-7-6-17(20-18)15-9-13(15)3/h4-8,13,15-16,19H,9-10H2,1-3H3. The summed E-state index contributed by atoms with van der Waals surface area (Å²) in [6.45, 7) is 6.44. The predicted octanol–water partition coefficient (Wildman–Crippen LogP) is 4.30. The lowest BCUT2D eigenvalue weighted by atomic mass is 10.0. The molecule has 0 aliphatic heterocycles. The van der Waals surface area contributed by atoms with Gasteiger partial charge in [0.25, 0.3) is 0 Å². The van der Waals surface area contributed by atoms with Crippen molar-refractivity contribution in [2.24, 2.45) is 5.92 Å². The van der Waals surface area contributed by atoms with Gasteiger partial charge in [0.1, 0.15) is 17.6 Å². The molecule has 1 heterocycles. The SMILES string of the molecule is Cc1ccc(CC(O)c2ccc(C3CC3C)o2)cc1C. The highest BCUT2D eigenvalue weighted by atomic mass is 16.4. The Morgan fingerprint density at radius 3 is 2.60 bits per heavy atom. The molecule has 0 spiro atoms. The van der Waals surface area contributed by atoms with Gasteiger partial charge in [-0.2, -0.15) is 0 Å². The third kappa shape index (κ3) is 2.66. The minimum Gasteiger partial charge on any atom is -0.463 e. The van der Waals surface area contributed by atoms with E-state index in [1.54, 1.807) is 0 Å². The van der Waals surface area contributed by atoms with Gasteiger partial charge < -0.3 is 9.52 Å². The molecule has 0 bridgehead atoms. The summed E-state index contributed by atoms with van der Waals surface area (Å²) in [5.74, 6) is 3.02. The van der Waals surface area contributed by atoms with Crippen LogP contribution in [-0.2, 0) is 6.42 Å². The molecule has 3 rings (SSSR count). The first-order valence-corrected chi connectivity index (χ1v) is 7.38. The molecule has 0 amide bonds. The van der Waals surface area contributed by atoms with Crippen LogP contribution in [0.1, 0.15) is 53.6 Å². The Balaban J connectivity index is 1.70. The molecule has 0 radical (unpaired) electrons. The molecular formula is C18H22O2. The van der Waals surface area contributed by atoms with Crippen LogP contribution >= 0.6 is 0 Å². The number of hydrogen-bond acceptors (Lipinski definition) is 2. The van der Waals surface area contributed by atoms with E-state index < -0.39 is 6.10 Å². The molecule has 3 atom stereocenters. The Labute approximate surface area is 120 Å². The van der Waals surface area contributed by atoms with Crippen molar-refractivity contribution >= 4 is 0 Å². The van der Waals surface area contributed by atoms with Gasteiger partial charge in [-0.1, -0.05) is 25.1 Å². The molecule has 106 valence electrons. The summed E-state index contributed by atoms with van der Waals surface area (Å²) in [4.78, 5) is 0. The van der Waals surface area contributed by atoms with Crippen molar-refractivity contribution in [2.45, 2.75) is 45.6 Å². The van der Waals surface area contributed by atoms with E-state index in [1.807, 2.05) is 12.1 Å². The molecule has 20 heavy (non-hydrogen) atoms. The van der Waals surface area contributed by atoms with Crippen LogP contribution in [0.15, 0.2) is 34.7 Å². The summed E-state index contributed by atoms with van der Waals surface area (Å²) in [6.07, 6.45) is 1.26. The van der Waals surface area contributed by atoms with Gasteiger partial charge in [0, 0.05) is 12.3 Å². The van der Waals surface area contributed by atoms with Crippen LogP contribution < -0.4 is 0 Å². The highest BCUT2D eigenvalue weighted by molar-refractivity contribution is 5.31. The molecule has 1 aromatic heterocycles. The molecule has 1 N–H and O–H groups in total. The summed E-state index contributed by atoms with van der Waals surface area (Å²) in [7, 11) is 0. The minimum absolute atomic E-state index is 0.556. The number of furan rings is 1. The molecule has 3 unspecified atom stereocenters. The fourth-order valence-corrected chi connectivity index (χ4v) is 2.72. The Kier molecular flexibility index (Phi) is 3.43. The van der Waals surface area contributed by atoms with Gasteiger partial charge in [-0.25, -0.2) is 0 Å². The van der Waals surface area contributed by atoms with Crippen molar-refractivity contribution < 1.29 is 9.52 Å². The molecule has 2 nitrogen and oxygen atoms in total. The summed E-state index contributed by atoms with van der Waals surface area (Å²) < 4.78 is 5.82. The predicted molar refractivity (Wildman–Crippen MR) is 79.8 cm³/mol. The Hall–Kier alpha value is -1.54. The number of benzene rings is 1. The zero-order chi connectivity index (χ0) is 14.3. The smallest absolute Gasteiger partial charge is 0.133 e. The van der Waals surface area contributed by atoms with E-state index in [0.29, 0.717) is 18.1 Å². The number of aliphatic hydroxyl groups excluding tert-OH is 1. The Bertz CT molecular complexity index is 612. The number of hydrogen-bond donors (Lipinski definition) is 1. The first-order valence-electron chi connectivity index (χ1n) is 7.38. The first kappa shape index (κ1) is 13.4. The van der Waals surface area contributed by atoms with E-state index in [0.717, 1.165) is 17.2 Å². The monoisotopic (exact) mass is 270 g/mol. The molecule has 2 heteroatoms. The summed E-state index contributed by atoms with van der Waals surface area (Å²) in [5.41, 5.74) is 3.70. The third-order valence-corrected chi connectivity index (χ3v) is 4.45. The van der Waals surface area contributed by atoms with Crippen molar-refractivity contribution in [3.8, 4) is 0 Å². The van der Waals surface area contributed by atoms with E-state index in [9.17, 15) is 5.11 Å².